The van der Waals surface area contributed by atoms with Gasteiger partial charge in [0.15, 0.2) is 0 Å². The summed E-state index contributed by atoms with van der Waals surface area (Å²) in [7, 11) is 0. The van der Waals surface area contributed by atoms with Crippen molar-refractivity contribution in [1.82, 2.24) is 0 Å². The van der Waals surface area contributed by atoms with Gasteiger partial charge in [-0.2, -0.15) is 0 Å². The fourth-order valence-corrected chi connectivity index (χ4v) is 3.03. The van der Waals surface area contributed by atoms with E-state index in [9.17, 15) is 0 Å². The maximum atomic E-state index is 6.14. The van der Waals surface area contributed by atoms with E-state index in [1.807, 2.05) is 0 Å². The highest BCUT2D eigenvalue weighted by Gasteiger charge is 2.21. The van der Waals surface area contributed by atoms with Gasteiger partial charge in [0, 0.05) is 10.9 Å². The first-order valence-electron chi connectivity index (χ1n) is 6.64. The molecule has 0 bridgehead atoms. The number of hydrogen-bond donors (Lipinski definition) is 0. The van der Waals surface area contributed by atoms with E-state index < -0.39 is 0 Å². The SMILES string of the molecule is CCC1CCC(Oc2ccccc2CBr)CC1. The van der Waals surface area contributed by atoms with Gasteiger partial charge in [-0.25, -0.2) is 0 Å². The molecule has 1 nitrogen and oxygen atoms in total. The van der Waals surface area contributed by atoms with Crippen molar-refractivity contribution >= 4 is 15.9 Å². The highest BCUT2D eigenvalue weighted by atomic mass is 79.9. The molecular formula is C15H21BrO. The molecule has 94 valence electrons. The third-order valence-electron chi connectivity index (χ3n) is 3.78. The Kier molecular flexibility index (Phi) is 4.90. The van der Waals surface area contributed by atoms with E-state index in [1.165, 1.54) is 37.7 Å². The first kappa shape index (κ1) is 12.9. The molecule has 0 unspecified atom stereocenters. The van der Waals surface area contributed by atoms with Crippen LogP contribution in [0, 0.1) is 5.92 Å². The summed E-state index contributed by atoms with van der Waals surface area (Å²) in [6.07, 6.45) is 6.85. The Labute approximate surface area is 113 Å². The summed E-state index contributed by atoms with van der Waals surface area (Å²) < 4.78 is 6.14. The molecule has 1 aromatic carbocycles. The van der Waals surface area contributed by atoms with Crippen molar-refractivity contribution in [3.05, 3.63) is 29.8 Å². The summed E-state index contributed by atoms with van der Waals surface area (Å²) in [4.78, 5) is 0. The molecule has 0 spiro atoms. The molecule has 2 heteroatoms. The summed E-state index contributed by atoms with van der Waals surface area (Å²) in [5.41, 5.74) is 1.25. The molecule has 0 aliphatic heterocycles. The molecule has 0 saturated heterocycles. The van der Waals surface area contributed by atoms with Crippen LogP contribution in [0.3, 0.4) is 0 Å². The van der Waals surface area contributed by atoms with Gasteiger partial charge in [-0.05, 0) is 37.7 Å². The zero-order valence-corrected chi connectivity index (χ0v) is 12.1. The number of para-hydroxylation sites is 1. The molecule has 1 saturated carbocycles. The average molecular weight is 297 g/mol. The lowest BCUT2D eigenvalue weighted by Gasteiger charge is -2.28. The lowest BCUT2D eigenvalue weighted by molar-refractivity contribution is 0.129. The van der Waals surface area contributed by atoms with Crippen LogP contribution in [0.15, 0.2) is 24.3 Å². The van der Waals surface area contributed by atoms with Gasteiger partial charge in [0.05, 0.1) is 6.10 Å². The smallest absolute Gasteiger partial charge is 0.123 e. The minimum absolute atomic E-state index is 0.429. The van der Waals surface area contributed by atoms with E-state index in [0.717, 1.165) is 17.0 Å². The van der Waals surface area contributed by atoms with E-state index in [0.29, 0.717) is 6.10 Å². The first-order chi connectivity index (χ1) is 8.33. The van der Waals surface area contributed by atoms with Crippen LogP contribution in [-0.2, 0) is 5.33 Å². The minimum Gasteiger partial charge on any atom is -0.490 e. The van der Waals surface area contributed by atoms with Gasteiger partial charge in [-0.3, -0.25) is 0 Å². The second kappa shape index (κ2) is 6.44. The first-order valence-corrected chi connectivity index (χ1v) is 7.76. The van der Waals surface area contributed by atoms with E-state index in [4.69, 9.17) is 4.74 Å². The second-order valence-electron chi connectivity index (χ2n) is 4.91. The van der Waals surface area contributed by atoms with Crippen molar-refractivity contribution in [3.8, 4) is 5.75 Å². The van der Waals surface area contributed by atoms with Gasteiger partial charge >= 0.3 is 0 Å². The summed E-state index contributed by atoms with van der Waals surface area (Å²) in [5.74, 6) is 1.99. The fourth-order valence-electron chi connectivity index (χ4n) is 2.57. The lowest BCUT2D eigenvalue weighted by Crippen LogP contribution is -2.24. The van der Waals surface area contributed by atoms with Crippen LogP contribution < -0.4 is 4.74 Å². The van der Waals surface area contributed by atoms with E-state index >= 15 is 0 Å². The standard InChI is InChI=1S/C15H21BrO/c1-2-12-7-9-14(10-8-12)17-15-6-4-3-5-13(15)11-16/h3-6,12,14H,2,7-11H2,1H3. The Morgan fingerprint density at radius 3 is 2.53 bits per heavy atom. The quantitative estimate of drug-likeness (QED) is 0.716. The van der Waals surface area contributed by atoms with Crippen LogP contribution in [0.1, 0.15) is 44.6 Å². The van der Waals surface area contributed by atoms with Crippen molar-refractivity contribution < 1.29 is 4.74 Å². The van der Waals surface area contributed by atoms with Crippen molar-refractivity contribution in [2.75, 3.05) is 0 Å². The summed E-state index contributed by atoms with van der Waals surface area (Å²) in [5, 5.41) is 0.869. The number of ether oxygens (including phenoxy) is 1. The normalized spacial score (nSPS) is 24.6. The third-order valence-corrected chi connectivity index (χ3v) is 4.39. The van der Waals surface area contributed by atoms with E-state index in [1.54, 1.807) is 0 Å². The largest absolute Gasteiger partial charge is 0.490 e. The lowest BCUT2D eigenvalue weighted by atomic mass is 9.86. The predicted molar refractivity (Wildman–Crippen MR) is 75.7 cm³/mol. The summed E-state index contributed by atoms with van der Waals surface area (Å²) >= 11 is 3.51. The Hall–Kier alpha value is -0.500. The topological polar surface area (TPSA) is 9.23 Å². The molecule has 0 aromatic heterocycles. The molecular weight excluding hydrogens is 276 g/mol. The fraction of sp³-hybridized carbons (Fsp3) is 0.600. The summed E-state index contributed by atoms with van der Waals surface area (Å²) in [6, 6.07) is 8.33. The van der Waals surface area contributed by atoms with Crippen LogP contribution in [0.4, 0.5) is 0 Å². The Morgan fingerprint density at radius 1 is 1.18 bits per heavy atom. The summed E-state index contributed by atoms with van der Waals surface area (Å²) in [6.45, 7) is 2.30. The van der Waals surface area contributed by atoms with E-state index in [-0.39, 0.29) is 0 Å². The Morgan fingerprint density at radius 2 is 1.88 bits per heavy atom. The number of benzene rings is 1. The van der Waals surface area contributed by atoms with Crippen molar-refractivity contribution in [3.63, 3.8) is 0 Å². The van der Waals surface area contributed by atoms with Crippen molar-refractivity contribution in [1.29, 1.82) is 0 Å². The highest BCUT2D eigenvalue weighted by Crippen LogP contribution is 2.30. The van der Waals surface area contributed by atoms with Gasteiger partial charge in [0.2, 0.25) is 0 Å². The third kappa shape index (κ3) is 3.48. The number of hydrogen-bond acceptors (Lipinski definition) is 1. The maximum Gasteiger partial charge on any atom is 0.123 e. The number of rotatable bonds is 4. The zero-order chi connectivity index (χ0) is 12.1. The van der Waals surface area contributed by atoms with Gasteiger partial charge in [0.1, 0.15) is 5.75 Å². The highest BCUT2D eigenvalue weighted by molar-refractivity contribution is 9.08. The molecule has 2 rings (SSSR count). The van der Waals surface area contributed by atoms with Crippen LogP contribution in [0.25, 0.3) is 0 Å². The Bertz CT molecular complexity index is 343. The van der Waals surface area contributed by atoms with Crippen LogP contribution in [0.5, 0.6) is 5.75 Å². The maximum absolute atomic E-state index is 6.14. The molecule has 0 amide bonds. The van der Waals surface area contributed by atoms with Gasteiger partial charge in [-0.15, -0.1) is 0 Å². The minimum atomic E-state index is 0.429. The molecule has 1 fully saturated rings. The number of halogens is 1. The molecule has 1 aliphatic carbocycles. The average Bonchev–Trinajstić information content (AvgIpc) is 2.40. The van der Waals surface area contributed by atoms with Gasteiger partial charge < -0.3 is 4.74 Å². The van der Waals surface area contributed by atoms with Crippen LogP contribution in [0.2, 0.25) is 0 Å². The number of alkyl halides is 1. The predicted octanol–water partition coefficient (Wildman–Crippen LogP) is 4.93. The molecule has 1 aliphatic rings. The molecule has 0 radical (unpaired) electrons. The van der Waals surface area contributed by atoms with Crippen molar-refractivity contribution in [2.45, 2.75) is 50.5 Å². The van der Waals surface area contributed by atoms with Gasteiger partial charge in [-0.1, -0.05) is 47.5 Å². The van der Waals surface area contributed by atoms with Crippen LogP contribution in [-0.4, -0.2) is 6.10 Å². The van der Waals surface area contributed by atoms with Gasteiger partial charge in [0.25, 0.3) is 0 Å². The molecule has 0 heterocycles. The van der Waals surface area contributed by atoms with Crippen LogP contribution >= 0.6 is 15.9 Å². The van der Waals surface area contributed by atoms with E-state index in [2.05, 4.69) is 47.1 Å². The molecule has 0 N–H and O–H groups in total. The van der Waals surface area contributed by atoms with Crippen molar-refractivity contribution in [2.24, 2.45) is 5.92 Å². The monoisotopic (exact) mass is 296 g/mol. The molecule has 1 aromatic rings. The zero-order valence-electron chi connectivity index (χ0n) is 10.5. The Balaban J connectivity index is 1.93. The second-order valence-corrected chi connectivity index (χ2v) is 5.47. The molecule has 17 heavy (non-hydrogen) atoms. The molecule has 0 atom stereocenters.